The predicted molar refractivity (Wildman–Crippen MR) is 73.1 cm³/mol. The smallest absolute Gasteiger partial charge is 0.161 e. The maximum Gasteiger partial charge on any atom is 0.161 e. The Morgan fingerprint density at radius 2 is 1.89 bits per heavy atom. The number of hydrogen-bond donors (Lipinski definition) is 2. The quantitative estimate of drug-likeness (QED) is 0.637. The van der Waals surface area contributed by atoms with Gasteiger partial charge in [-0.05, 0) is 30.3 Å². The fourth-order valence-corrected chi connectivity index (χ4v) is 2.00. The average Bonchev–Trinajstić information content (AvgIpc) is 2.71. The van der Waals surface area contributed by atoms with E-state index in [0.29, 0.717) is 13.2 Å². The summed E-state index contributed by atoms with van der Waals surface area (Å²) in [5.41, 5.74) is 5.24. The lowest BCUT2D eigenvalue weighted by atomic mass is 10.1. The van der Waals surface area contributed by atoms with Crippen LogP contribution in [0.2, 0.25) is 0 Å². The molecule has 0 spiro atoms. The molecule has 1 aliphatic rings. The van der Waals surface area contributed by atoms with Crippen LogP contribution in [-0.2, 0) is 0 Å². The first-order chi connectivity index (χ1) is 9.36. The van der Waals surface area contributed by atoms with Crippen LogP contribution in [0.25, 0.3) is 11.3 Å². The Kier molecular flexibility index (Phi) is 3.20. The fourth-order valence-electron chi connectivity index (χ4n) is 2.00. The molecule has 0 aliphatic carbocycles. The van der Waals surface area contributed by atoms with Crippen LogP contribution in [0, 0.1) is 0 Å². The third kappa shape index (κ3) is 2.46. The van der Waals surface area contributed by atoms with Crippen LogP contribution in [0.3, 0.4) is 0 Å². The van der Waals surface area contributed by atoms with E-state index in [1.165, 1.54) is 0 Å². The van der Waals surface area contributed by atoms with Gasteiger partial charge in [-0.3, -0.25) is 10.8 Å². The Hall–Kier alpha value is -2.27. The van der Waals surface area contributed by atoms with Gasteiger partial charge in [-0.25, -0.2) is 0 Å². The van der Waals surface area contributed by atoms with E-state index in [1.54, 1.807) is 6.20 Å². The summed E-state index contributed by atoms with van der Waals surface area (Å²) in [7, 11) is 0. The third-order valence-electron chi connectivity index (χ3n) is 2.97. The van der Waals surface area contributed by atoms with Gasteiger partial charge in [0.2, 0.25) is 0 Å². The molecule has 0 radical (unpaired) electrons. The molecular formula is C14H15N3O2. The molecule has 2 aromatic rings. The van der Waals surface area contributed by atoms with Crippen molar-refractivity contribution in [2.75, 3.05) is 18.6 Å². The van der Waals surface area contributed by atoms with Crippen molar-refractivity contribution in [3.8, 4) is 22.8 Å². The Morgan fingerprint density at radius 3 is 2.74 bits per heavy atom. The zero-order chi connectivity index (χ0) is 13.1. The second kappa shape index (κ2) is 5.16. The van der Waals surface area contributed by atoms with E-state index in [9.17, 15) is 0 Å². The molecule has 0 saturated heterocycles. The number of nitrogens with zero attached hydrogens (tertiary/aromatic N) is 1. The first kappa shape index (κ1) is 11.8. The highest BCUT2D eigenvalue weighted by Gasteiger charge is 2.11. The number of aromatic nitrogens is 1. The number of nitrogens with two attached hydrogens (primary N) is 1. The number of pyridine rings is 1. The number of fused-ring (bicyclic) bond motifs is 1. The minimum absolute atomic E-state index is 0.675. The van der Waals surface area contributed by atoms with Crippen LogP contribution in [0.1, 0.15) is 6.42 Å². The standard InChI is InChI=1S/C14H15N3O2/c15-17-11-4-5-16-12(9-11)10-2-3-13-14(8-10)19-7-1-6-18-13/h2-5,8-9H,1,6-7,15H2,(H,16,17). The topological polar surface area (TPSA) is 69.4 Å². The van der Waals surface area contributed by atoms with Gasteiger partial charge in [-0.2, -0.15) is 0 Å². The van der Waals surface area contributed by atoms with E-state index in [2.05, 4.69) is 10.4 Å². The zero-order valence-electron chi connectivity index (χ0n) is 10.4. The van der Waals surface area contributed by atoms with Crippen LogP contribution < -0.4 is 20.7 Å². The van der Waals surface area contributed by atoms with Crippen LogP contribution in [0.15, 0.2) is 36.5 Å². The van der Waals surface area contributed by atoms with Gasteiger partial charge in [0.15, 0.2) is 11.5 Å². The first-order valence-corrected chi connectivity index (χ1v) is 6.19. The highest BCUT2D eigenvalue weighted by Crippen LogP contribution is 2.33. The Bertz CT molecular complexity index is 587. The van der Waals surface area contributed by atoms with Crippen LogP contribution in [0.4, 0.5) is 5.69 Å². The average molecular weight is 257 g/mol. The molecule has 0 amide bonds. The molecule has 19 heavy (non-hydrogen) atoms. The minimum atomic E-state index is 0.675. The number of benzene rings is 1. The second-order valence-electron chi connectivity index (χ2n) is 4.29. The summed E-state index contributed by atoms with van der Waals surface area (Å²) in [6.45, 7) is 1.37. The molecule has 1 aromatic carbocycles. The van der Waals surface area contributed by atoms with E-state index in [4.69, 9.17) is 15.3 Å². The summed E-state index contributed by atoms with van der Waals surface area (Å²) in [6, 6.07) is 9.53. The number of hydrazine groups is 1. The SMILES string of the molecule is NNc1ccnc(-c2ccc3c(c2)OCCCO3)c1. The van der Waals surface area contributed by atoms with E-state index < -0.39 is 0 Å². The second-order valence-corrected chi connectivity index (χ2v) is 4.29. The van der Waals surface area contributed by atoms with Gasteiger partial charge in [0, 0.05) is 18.2 Å². The maximum atomic E-state index is 5.67. The summed E-state index contributed by atoms with van der Waals surface area (Å²) in [4.78, 5) is 4.34. The van der Waals surface area contributed by atoms with E-state index in [1.807, 2.05) is 30.3 Å². The molecule has 1 aliphatic heterocycles. The molecule has 3 N–H and O–H groups in total. The summed E-state index contributed by atoms with van der Waals surface area (Å²) in [6.07, 6.45) is 2.61. The lowest BCUT2D eigenvalue weighted by Crippen LogP contribution is -2.06. The molecule has 98 valence electrons. The molecule has 0 atom stereocenters. The van der Waals surface area contributed by atoms with E-state index in [-0.39, 0.29) is 0 Å². The van der Waals surface area contributed by atoms with E-state index >= 15 is 0 Å². The van der Waals surface area contributed by atoms with Crippen molar-refractivity contribution in [1.29, 1.82) is 0 Å². The fraction of sp³-hybridized carbons (Fsp3) is 0.214. The number of rotatable bonds is 2. The highest BCUT2D eigenvalue weighted by atomic mass is 16.5. The zero-order valence-corrected chi connectivity index (χ0v) is 10.4. The summed E-state index contributed by atoms with van der Waals surface area (Å²) in [5, 5.41) is 0. The molecule has 0 saturated carbocycles. The normalized spacial score (nSPS) is 13.7. The third-order valence-corrected chi connectivity index (χ3v) is 2.97. The summed E-state index contributed by atoms with van der Waals surface area (Å²) < 4.78 is 11.3. The largest absolute Gasteiger partial charge is 0.490 e. The first-order valence-electron chi connectivity index (χ1n) is 6.19. The van der Waals surface area contributed by atoms with Crippen LogP contribution >= 0.6 is 0 Å². The number of nitrogens with one attached hydrogen (secondary N) is 1. The van der Waals surface area contributed by atoms with Crippen molar-refractivity contribution in [1.82, 2.24) is 4.98 Å². The molecule has 5 nitrogen and oxygen atoms in total. The van der Waals surface area contributed by atoms with Gasteiger partial charge < -0.3 is 14.9 Å². The predicted octanol–water partition coefficient (Wildman–Crippen LogP) is 2.20. The molecule has 0 bridgehead atoms. The Labute approximate surface area is 111 Å². The van der Waals surface area contributed by atoms with Crippen molar-refractivity contribution in [2.45, 2.75) is 6.42 Å². The Balaban J connectivity index is 1.98. The molecule has 0 unspecified atom stereocenters. The van der Waals surface area contributed by atoms with Gasteiger partial charge in [0.05, 0.1) is 24.6 Å². The van der Waals surface area contributed by atoms with Gasteiger partial charge in [0.1, 0.15) is 0 Å². The monoisotopic (exact) mass is 257 g/mol. The van der Waals surface area contributed by atoms with Crippen molar-refractivity contribution in [3.63, 3.8) is 0 Å². The Morgan fingerprint density at radius 1 is 1.05 bits per heavy atom. The maximum absolute atomic E-state index is 5.67. The summed E-state index contributed by atoms with van der Waals surface area (Å²) in [5.74, 6) is 6.96. The summed E-state index contributed by atoms with van der Waals surface area (Å²) >= 11 is 0. The lowest BCUT2D eigenvalue weighted by molar-refractivity contribution is 0.297. The van der Waals surface area contributed by atoms with Gasteiger partial charge in [-0.15, -0.1) is 0 Å². The molecule has 0 fully saturated rings. The van der Waals surface area contributed by atoms with Crippen LogP contribution in [0.5, 0.6) is 11.5 Å². The number of hydrogen-bond acceptors (Lipinski definition) is 5. The number of anilines is 1. The van der Waals surface area contributed by atoms with Gasteiger partial charge in [-0.1, -0.05) is 0 Å². The highest BCUT2D eigenvalue weighted by molar-refractivity contribution is 5.67. The lowest BCUT2D eigenvalue weighted by Gasteiger charge is -2.09. The van der Waals surface area contributed by atoms with Crippen molar-refractivity contribution in [2.24, 2.45) is 5.84 Å². The van der Waals surface area contributed by atoms with Crippen molar-refractivity contribution in [3.05, 3.63) is 36.5 Å². The van der Waals surface area contributed by atoms with Crippen LogP contribution in [-0.4, -0.2) is 18.2 Å². The molecule has 1 aromatic heterocycles. The van der Waals surface area contributed by atoms with E-state index in [0.717, 1.165) is 34.9 Å². The number of nitrogen functional groups attached to an aromatic ring is 1. The minimum Gasteiger partial charge on any atom is -0.490 e. The van der Waals surface area contributed by atoms with Crippen molar-refractivity contribution < 1.29 is 9.47 Å². The van der Waals surface area contributed by atoms with Gasteiger partial charge in [0.25, 0.3) is 0 Å². The van der Waals surface area contributed by atoms with Gasteiger partial charge >= 0.3 is 0 Å². The van der Waals surface area contributed by atoms with Crippen molar-refractivity contribution >= 4 is 5.69 Å². The molecular weight excluding hydrogens is 242 g/mol. The number of ether oxygens (including phenoxy) is 2. The molecule has 3 rings (SSSR count). The molecule has 2 heterocycles. The molecule has 5 heteroatoms.